The zero-order chi connectivity index (χ0) is 22.3. The van der Waals surface area contributed by atoms with E-state index in [-0.39, 0.29) is 6.10 Å². The van der Waals surface area contributed by atoms with Gasteiger partial charge in [-0.3, -0.25) is 4.90 Å². The second-order valence-corrected chi connectivity index (χ2v) is 8.57. The summed E-state index contributed by atoms with van der Waals surface area (Å²) in [5.41, 5.74) is 1.31. The molecular weight excluding hydrogens is 396 g/mol. The number of hydrogen-bond donors (Lipinski definition) is 3. The van der Waals surface area contributed by atoms with Crippen molar-refractivity contribution in [2.24, 2.45) is 4.99 Å². The molecule has 0 aliphatic carbocycles. The highest BCUT2D eigenvalue weighted by Gasteiger charge is 2.26. The Morgan fingerprint density at radius 2 is 2.06 bits per heavy atom. The van der Waals surface area contributed by atoms with E-state index in [2.05, 4.69) is 28.5 Å². The van der Waals surface area contributed by atoms with Crippen LogP contribution in [-0.4, -0.2) is 80.2 Å². The van der Waals surface area contributed by atoms with E-state index in [9.17, 15) is 5.11 Å². The molecule has 8 nitrogen and oxygen atoms in total. The number of ether oxygens (including phenoxy) is 3. The van der Waals surface area contributed by atoms with Gasteiger partial charge in [-0.1, -0.05) is 0 Å². The fraction of sp³-hybridized carbons (Fsp3) is 0.696. The van der Waals surface area contributed by atoms with Crippen LogP contribution in [0.5, 0.6) is 11.5 Å². The maximum atomic E-state index is 10.8. The van der Waals surface area contributed by atoms with Crippen molar-refractivity contribution in [1.82, 2.24) is 15.5 Å². The molecule has 31 heavy (non-hydrogen) atoms. The molecule has 1 fully saturated rings. The topological polar surface area (TPSA) is 87.6 Å². The van der Waals surface area contributed by atoms with Gasteiger partial charge in [-0.2, -0.15) is 0 Å². The van der Waals surface area contributed by atoms with Crippen molar-refractivity contribution in [2.45, 2.75) is 52.4 Å². The van der Waals surface area contributed by atoms with Crippen LogP contribution in [0.3, 0.4) is 0 Å². The number of fused-ring (bicyclic) bond motifs is 1. The lowest BCUT2D eigenvalue weighted by Gasteiger charge is -2.34. The Hall–Kier alpha value is -2.03. The molecule has 0 bridgehead atoms. The first-order valence-electron chi connectivity index (χ1n) is 11.4. The fourth-order valence-corrected chi connectivity index (χ4v) is 3.97. The molecule has 2 unspecified atom stereocenters. The molecule has 8 heteroatoms. The second kappa shape index (κ2) is 11.0. The van der Waals surface area contributed by atoms with Gasteiger partial charge in [0.25, 0.3) is 0 Å². The lowest BCUT2D eigenvalue weighted by Crippen LogP contribution is -2.52. The zero-order valence-corrected chi connectivity index (χ0v) is 19.4. The van der Waals surface area contributed by atoms with E-state index in [0.29, 0.717) is 32.2 Å². The lowest BCUT2D eigenvalue weighted by atomic mass is 10.1. The molecule has 3 N–H and O–H groups in total. The summed E-state index contributed by atoms with van der Waals surface area (Å²) in [5.74, 6) is 2.45. The molecule has 0 radical (unpaired) electrons. The third-order valence-electron chi connectivity index (χ3n) is 5.44. The molecule has 1 aromatic rings. The number of nitrogens with zero attached hydrogens (tertiary/aromatic N) is 2. The maximum Gasteiger partial charge on any atom is 0.191 e. The van der Waals surface area contributed by atoms with Crippen LogP contribution in [0.2, 0.25) is 0 Å². The molecule has 0 saturated carbocycles. The molecule has 2 heterocycles. The number of β-amino-alcohol motifs (C(OH)–C–C–N with tert-alkyl or cyclic N) is 1. The Kier molecular flexibility index (Phi) is 8.40. The average Bonchev–Trinajstić information content (AvgIpc) is 3.09. The van der Waals surface area contributed by atoms with Crippen molar-refractivity contribution < 1.29 is 19.3 Å². The summed E-state index contributed by atoms with van der Waals surface area (Å²) in [5, 5.41) is 17.4. The van der Waals surface area contributed by atoms with Crippen molar-refractivity contribution in [1.29, 1.82) is 0 Å². The van der Waals surface area contributed by atoms with Gasteiger partial charge in [-0.05, 0) is 39.8 Å². The van der Waals surface area contributed by atoms with Crippen LogP contribution in [0.15, 0.2) is 17.1 Å². The number of aliphatic imine (C=N–C) groups is 1. The molecule has 174 valence electrons. The summed E-state index contributed by atoms with van der Waals surface area (Å²) in [4.78, 5) is 6.97. The first kappa shape index (κ1) is 23.6. The summed E-state index contributed by atoms with van der Waals surface area (Å²) in [6.07, 6.45) is 1.09. The second-order valence-electron chi connectivity index (χ2n) is 8.57. The average molecular weight is 435 g/mol. The van der Waals surface area contributed by atoms with Crippen LogP contribution in [0.1, 0.15) is 38.8 Å². The Morgan fingerprint density at radius 3 is 2.77 bits per heavy atom. The van der Waals surface area contributed by atoms with Crippen LogP contribution >= 0.6 is 0 Å². The third kappa shape index (κ3) is 6.98. The largest absolute Gasteiger partial charge is 0.494 e. The molecule has 2 atom stereocenters. The summed E-state index contributed by atoms with van der Waals surface area (Å²) in [6, 6.07) is 4.13. The van der Waals surface area contributed by atoms with Gasteiger partial charge in [-0.15, -0.1) is 0 Å². The number of nitrogens with one attached hydrogen (secondary N) is 2. The van der Waals surface area contributed by atoms with Crippen LogP contribution in [0.25, 0.3) is 0 Å². The molecule has 0 amide bonds. The Balaban J connectivity index is 1.64. The van der Waals surface area contributed by atoms with E-state index in [4.69, 9.17) is 19.2 Å². The summed E-state index contributed by atoms with van der Waals surface area (Å²) < 4.78 is 17.2. The zero-order valence-electron chi connectivity index (χ0n) is 19.4. The van der Waals surface area contributed by atoms with Gasteiger partial charge in [0, 0.05) is 50.3 Å². The first-order chi connectivity index (χ1) is 14.9. The van der Waals surface area contributed by atoms with Gasteiger partial charge in [0.1, 0.15) is 17.6 Å². The molecule has 3 rings (SSSR count). The molecular formula is C23H38N4O4. The summed E-state index contributed by atoms with van der Waals surface area (Å²) >= 11 is 0. The van der Waals surface area contributed by atoms with Gasteiger partial charge in [0.2, 0.25) is 0 Å². The van der Waals surface area contributed by atoms with Gasteiger partial charge < -0.3 is 30.0 Å². The van der Waals surface area contributed by atoms with Gasteiger partial charge in [0.15, 0.2) is 5.96 Å². The molecule has 2 aliphatic rings. The highest BCUT2D eigenvalue weighted by atomic mass is 16.5. The van der Waals surface area contributed by atoms with Crippen molar-refractivity contribution >= 4 is 5.96 Å². The third-order valence-corrected chi connectivity index (χ3v) is 5.44. The van der Waals surface area contributed by atoms with Crippen LogP contribution < -0.4 is 20.1 Å². The van der Waals surface area contributed by atoms with Gasteiger partial charge >= 0.3 is 0 Å². The quantitative estimate of drug-likeness (QED) is 0.401. The number of aliphatic hydroxyl groups is 1. The van der Waals surface area contributed by atoms with Crippen LogP contribution in [-0.2, 0) is 17.7 Å². The minimum absolute atomic E-state index is 0.191. The SMILES string of the molecule is CCNC(=NCc1cc2c(cc1OCC)CC(C)O2)NCC(C)(O)CN1CCOCC1. The lowest BCUT2D eigenvalue weighted by molar-refractivity contribution is -0.0201. The molecule has 2 aliphatic heterocycles. The molecule has 0 aromatic heterocycles. The van der Waals surface area contributed by atoms with Crippen LogP contribution in [0, 0.1) is 0 Å². The molecule has 1 saturated heterocycles. The van der Waals surface area contributed by atoms with E-state index in [0.717, 1.165) is 56.3 Å². The predicted molar refractivity (Wildman–Crippen MR) is 122 cm³/mol. The van der Waals surface area contributed by atoms with Crippen molar-refractivity contribution in [3.8, 4) is 11.5 Å². The van der Waals surface area contributed by atoms with Crippen molar-refractivity contribution in [3.05, 3.63) is 23.3 Å². The van der Waals surface area contributed by atoms with E-state index >= 15 is 0 Å². The number of benzene rings is 1. The maximum absolute atomic E-state index is 10.8. The van der Waals surface area contributed by atoms with E-state index in [1.165, 1.54) is 5.56 Å². The molecule has 1 aromatic carbocycles. The van der Waals surface area contributed by atoms with Crippen LogP contribution in [0.4, 0.5) is 0 Å². The number of hydrogen-bond acceptors (Lipinski definition) is 6. The van der Waals surface area contributed by atoms with E-state index in [1.807, 2.05) is 26.8 Å². The van der Waals surface area contributed by atoms with Crippen molar-refractivity contribution in [2.75, 3.05) is 52.5 Å². The Bertz CT molecular complexity index is 747. The minimum Gasteiger partial charge on any atom is -0.494 e. The monoisotopic (exact) mass is 434 g/mol. The summed E-state index contributed by atoms with van der Waals surface area (Å²) in [7, 11) is 0. The summed E-state index contributed by atoms with van der Waals surface area (Å²) in [6.45, 7) is 13.9. The van der Waals surface area contributed by atoms with Crippen molar-refractivity contribution in [3.63, 3.8) is 0 Å². The standard InChI is InChI=1S/C23H38N4O4/c1-5-24-22(26-15-23(4,28)16-27-7-9-29-10-8-27)25-14-19-13-21-18(11-17(3)31-21)12-20(19)30-6-2/h12-13,17,28H,5-11,14-16H2,1-4H3,(H2,24,25,26). The normalized spacial score (nSPS) is 21.2. The van der Waals surface area contributed by atoms with Gasteiger partial charge in [-0.25, -0.2) is 4.99 Å². The number of rotatable bonds is 9. The number of morpholine rings is 1. The van der Waals surface area contributed by atoms with E-state index in [1.54, 1.807) is 0 Å². The Morgan fingerprint density at radius 1 is 1.29 bits per heavy atom. The predicted octanol–water partition coefficient (Wildman–Crippen LogP) is 1.55. The molecule has 0 spiro atoms. The fourth-order valence-electron chi connectivity index (χ4n) is 3.97. The minimum atomic E-state index is -0.873. The Labute approximate surface area is 186 Å². The van der Waals surface area contributed by atoms with E-state index < -0.39 is 5.60 Å². The highest BCUT2D eigenvalue weighted by molar-refractivity contribution is 5.79. The number of guanidine groups is 1. The highest BCUT2D eigenvalue weighted by Crippen LogP contribution is 2.35. The first-order valence-corrected chi connectivity index (χ1v) is 11.4. The smallest absolute Gasteiger partial charge is 0.191 e. The van der Waals surface area contributed by atoms with Gasteiger partial charge in [0.05, 0.1) is 32.0 Å².